The van der Waals surface area contributed by atoms with Gasteiger partial charge in [0.2, 0.25) is 0 Å². The van der Waals surface area contributed by atoms with Gasteiger partial charge in [-0.1, -0.05) is 26.8 Å². The predicted molar refractivity (Wildman–Crippen MR) is 86.2 cm³/mol. The minimum absolute atomic E-state index is 0.0186. The maximum Gasteiger partial charge on any atom is 0.258 e. The number of hydrogen-bond donors (Lipinski definition) is 1. The summed E-state index contributed by atoms with van der Waals surface area (Å²) in [4.78, 5) is 11.7. The number of nitrogens with one attached hydrogen (secondary N) is 1. The lowest BCUT2D eigenvalue weighted by Crippen LogP contribution is -2.43. The van der Waals surface area contributed by atoms with Crippen molar-refractivity contribution in [3.63, 3.8) is 0 Å². The summed E-state index contributed by atoms with van der Waals surface area (Å²) in [6.45, 7) is 12.3. The Morgan fingerprint density at radius 1 is 1.20 bits per heavy atom. The lowest BCUT2D eigenvalue weighted by atomic mass is 9.87. The van der Waals surface area contributed by atoms with E-state index in [9.17, 15) is 4.79 Å². The van der Waals surface area contributed by atoms with Crippen LogP contribution in [0.2, 0.25) is 0 Å². The summed E-state index contributed by atoms with van der Waals surface area (Å²) in [5, 5.41) is 2.87. The van der Waals surface area contributed by atoms with Crippen molar-refractivity contribution >= 4 is 21.8 Å². The Kier molecular flexibility index (Phi) is 5.25. The molecule has 20 heavy (non-hydrogen) atoms. The Bertz CT molecular complexity index is 484. The van der Waals surface area contributed by atoms with Gasteiger partial charge in [-0.3, -0.25) is 4.79 Å². The second-order valence-electron chi connectivity index (χ2n) is 6.98. The molecule has 112 valence electrons. The standard InChI is InChI=1S/C16H24BrNO2/c1-15(2,3)11-7-8-13(12(17)9-11)20-10-14(19)18-16(4,5)6/h7-9H,10H2,1-6H3,(H,18,19). The summed E-state index contributed by atoms with van der Waals surface area (Å²) in [6, 6.07) is 5.97. The fourth-order valence-electron chi connectivity index (χ4n) is 1.68. The first-order chi connectivity index (χ1) is 8.99. The Labute approximate surface area is 130 Å². The quantitative estimate of drug-likeness (QED) is 0.900. The number of rotatable bonds is 3. The molecule has 0 aliphatic carbocycles. The molecule has 0 saturated carbocycles. The number of carbonyl (C=O) groups is 1. The molecule has 1 N–H and O–H groups in total. The summed E-state index contributed by atoms with van der Waals surface area (Å²) in [7, 11) is 0. The Morgan fingerprint density at radius 3 is 2.25 bits per heavy atom. The lowest BCUT2D eigenvalue weighted by molar-refractivity contribution is -0.124. The van der Waals surface area contributed by atoms with E-state index in [1.54, 1.807) is 0 Å². The van der Waals surface area contributed by atoms with Gasteiger partial charge in [-0.25, -0.2) is 0 Å². The normalized spacial score (nSPS) is 12.2. The van der Waals surface area contributed by atoms with Crippen molar-refractivity contribution in [1.29, 1.82) is 0 Å². The molecule has 0 fully saturated rings. The van der Waals surface area contributed by atoms with Crippen molar-refractivity contribution in [3.05, 3.63) is 28.2 Å². The van der Waals surface area contributed by atoms with Crippen molar-refractivity contribution in [1.82, 2.24) is 5.32 Å². The molecule has 0 spiro atoms. The van der Waals surface area contributed by atoms with Crippen LogP contribution in [0.1, 0.15) is 47.1 Å². The van der Waals surface area contributed by atoms with E-state index in [4.69, 9.17) is 4.74 Å². The van der Waals surface area contributed by atoms with Gasteiger partial charge in [-0.2, -0.15) is 0 Å². The summed E-state index contributed by atoms with van der Waals surface area (Å²) in [6.07, 6.45) is 0. The third-order valence-corrected chi connectivity index (χ3v) is 3.29. The van der Waals surface area contributed by atoms with Crippen LogP contribution in [0.25, 0.3) is 0 Å². The van der Waals surface area contributed by atoms with Gasteiger partial charge in [0.25, 0.3) is 5.91 Å². The molecule has 0 aliphatic rings. The molecule has 0 radical (unpaired) electrons. The van der Waals surface area contributed by atoms with E-state index in [0.29, 0.717) is 5.75 Å². The molecule has 1 amide bonds. The summed E-state index contributed by atoms with van der Waals surface area (Å²) in [5.41, 5.74) is 1.06. The van der Waals surface area contributed by atoms with Gasteiger partial charge in [-0.15, -0.1) is 0 Å². The number of benzene rings is 1. The largest absolute Gasteiger partial charge is 0.483 e. The predicted octanol–water partition coefficient (Wildman–Crippen LogP) is 4.04. The van der Waals surface area contributed by atoms with Gasteiger partial charge in [0.15, 0.2) is 6.61 Å². The fourth-order valence-corrected chi connectivity index (χ4v) is 2.18. The van der Waals surface area contributed by atoms with Crippen LogP contribution in [0, 0.1) is 0 Å². The first kappa shape index (κ1) is 17.0. The maximum absolute atomic E-state index is 11.7. The molecule has 1 aromatic carbocycles. The molecule has 1 aromatic rings. The van der Waals surface area contributed by atoms with Crippen LogP contribution in [0.5, 0.6) is 5.75 Å². The zero-order chi connectivity index (χ0) is 15.6. The molecule has 4 heteroatoms. The van der Waals surface area contributed by atoms with Crippen LogP contribution in [-0.2, 0) is 10.2 Å². The van der Waals surface area contributed by atoms with Crippen LogP contribution in [-0.4, -0.2) is 18.1 Å². The first-order valence-electron chi connectivity index (χ1n) is 6.73. The van der Waals surface area contributed by atoms with E-state index in [1.807, 2.05) is 39.0 Å². The molecule has 0 saturated heterocycles. The zero-order valence-corrected chi connectivity index (χ0v) is 14.7. The second kappa shape index (κ2) is 6.17. The second-order valence-corrected chi connectivity index (χ2v) is 7.84. The summed E-state index contributed by atoms with van der Waals surface area (Å²) in [5.74, 6) is 0.561. The van der Waals surface area contributed by atoms with Gasteiger partial charge < -0.3 is 10.1 Å². The Hall–Kier alpha value is -1.03. The highest BCUT2D eigenvalue weighted by Crippen LogP contribution is 2.31. The molecule has 0 aliphatic heterocycles. The topological polar surface area (TPSA) is 38.3 Å². The van der Waals surface area contributed by atoms with E-state index in [-0.39, 0.29) is 23.5 Å². The minimum Gasteiger partial charge on any atom is -0.483 e. The number of ether oxygens (including phenoxy) is 1. The van der Waals surface area contributed by atoms with Crippen LogP contribution in [0.15, 0.2) is 22.7 Å². The van der Waals surface area contributed by atoms with Gasteiger partial charge in [0, 0.05) is 5.54 Å². The Balaban J connectivity index is 2.68. The van der Waals surface area contributed by atoms with Gasteiger partial charge in [0.05, 0.1) is 4.47 Å². The van der Waals surface area contributed by atoms with Crippen LogP contribution in [0.4, 0.5) is 0 Å². The highest BCUT2D eigenvalue weighted by Gasteiger charge is 2.17. The number of hydrogen-bond acceptors (Lipinski definition) is 2. The van der Waals surface area contributed by atoms with Crippen molar-refractivity contribution in [2.75, 3.05) is 6.61 Å². The van der Waals surface area contributed by atoms with Crippen molar-refractivity contribution < 1.29 is 9.53 Å². The summed E-state index contributed by atoms with van der Waals surface area (Å²) >= 11 is 3.49. The minimum atomic E-state index is -0.242. The molecular formula is C16H24BrNO2. The average molecular weight is 342 g/mol. The van der Waals surface area contributed by atoms with E-state index in [2.05, 4.69) is 42.0 Å². The van der Waals surface area contributed by atoms with E-state index in [0.717, 1.165) is 4.47 Å². The lowest BCUT2D eigenvalue weighted by Gasteiger charge is -2.21. The monoisotopic (exact) mass is 341 g/mol. The highest BCUT2D eigenvalue weighted by atomic mass is 79.9. The van der Waals surface area contributed by atoms with Gasteiger partial charge in [0.1, 0.15) is 5.75 Å². The highest BCUT2D eigenvalue weighted by molar-refractivity contribution is 9.10. The van der Waals surface area contributed by atoms with E-state index in [1.165, 1.54) is 5.56 Å². The van der Waals surface area contributed by atoms with Crippen LogP contribution < -0.4 is 10.1 Å². The molecule has 0 aromatic heterocycles. The molecule has 0 bridgehead atoms. The maximum atomic E-state index is 11.7. The van der Waals surface area contributed by atoms with Crippen molar-refractivity contribution in [3.8, 4) is 5.75 Å². The zero-order valence-electron chi connectivity index (χ0n) is 13.1. The number of amides is 1. The third-order valence-electron chi connectivity index (χ3n) is 2.67. The molecule has 0 heterocycles. The SMILES string of the molecule is CC(C)(C)NC(=O)COc1ccc(C(C)(C)C)cc1Br. The number of halogens is 1. The molecule has 0 unspecified atom stereocenters. The van der Waals surface area contributed by atoms with Gasteiger partial charge >= 0.3 is 0 Å². The first-order valence-corrected chi connectivity index (χ1v) is 7.52. The molecule has 0 atom stereocenters. The summed E-state index contributed by atoms with van der Waals surface area (Å²) < 4.78 is 6.42. The smallest absolute Gasteiger partial charge is 0.258 e. The molecular weight excluding hydrogens is 318 g/mol. The van der Waals surface area contributed by atoms with Crippen molar-refractivity contribution in [2.24, 2.45) is 0 Å². The Morgan fingerprint density at radius 2 is 1.80 bits per heavy atom. The molecule has 1 rings (SSSR count). The van der Waals surface area contributed by atoms with Crippen LogP contribution >= 0.6 is 15.9 Å². The van der Waals surface area contributed by atoms with E-state index < -0.39 is 0 Å². The fraction of sp³-hybridized carbons (Fsp3) is 0.562. The van der Waals surface area contributed by atoms with Crippen LogP contribution in [0.3, 0.4) is 0 Å². The third kappa shape index (κ3) is 5.53. The van der Waals surface area contributed by atoms with Crippen molar-refractivity contribution in [2.45, 2.75) is 52.5 Å². The van der Waals surface area contributed by atoms with E-state index >= 15 is 0 Å². The molecule has 3 nitrogen and oxygen atoms in total. The average Bonchev–Trinajstić information content (AvgIpc) is 2.23. The number of carbonyl (C=O) groups excluding carboxylic acids is 1. The van der Waals surface area contributed by atoms with Gasteiger partial charge in [-0.05, 0) is 59.8 Å².